The Hall–Kier alpha value is -1.96. The highest BCUT2D eigenvalue weighted by atomic mass is 16.5. The first-order valence-corrected chi connectivity index (χ1v) is 8.05. The van der Waals surface area contributed by atoms with Crippen molar-refractivity contribution in [1.29, 1.82) is 0 Å². The predicted molar refractivity (Wildman–Crippen MR) is 91.0 cm³/mol. The molecule has 132 valence electrons. The highest BCUT2D eigenvalue weighted by molar-refractivity contribution is 5.98. The highest BCUT2D eigenvalue weighted by Gasteiger charge is 2.20. The number of rotatable bonds is 6. The number of carbonyl (C=O) groups is 2. The minimum atomic E-state index is -0.316. The largest absolute Gasteiger partial charge is 0.380 e. The molecule has 7 heteroatoms. The second-order valence-corrected chi connectivity index (χ2v) is 5.78. The number of nitrogens with one attached hydrogen (secondary N) is 1. The van der Waals surface area contributed by atoms with Gasteiger partial charge in [0.2, 0.25) is 5.91 Å². The SMILES string of the molecule is COC(CN)CC(=O)Nc1cc(C(=O)N2CCOCC2)ccc1C. The Bertz CT molecular complexity index is 581. The van der Waals surface area contributed by atoms with E-state index >= 15 is 0 Å². The Labute approximate surface area is 142 Å². The van der Waals surface area contributed by atoms with Crippen LogP contribution >= 0.6 is 0 Å². The summed E-state index contributed by atoms with van der Waals surface area (Å²) >= 11 is 0. The van der Waals surface area contributed by atoms with Gasteiger partial charge in [0.25, 0.3) is 5.91 Å². The molecule has 1 saturated heterocycles. The van der Waals surface area contributed by atoms with Gasteiger partial charge >= 0.3 is 0 Å². The number of nitrogens with zero attached hydrogens (tertiary/aromatic N) is 1. The molecule has 0 saturated carbocycles. The highest BCUT2D eigenvalue weighted by Crippen LogP contribution is 2.19. The summed E-state index contributed by atoms with van der Waals surface area (Å²) in [7, 11) is 1.53. The van der Waals surface area contributed by atoms with E-state index in [1.807, 2.05) is 13.0 Å². The fourth-order valence-electron chi connectivity index (χ4n) is 2.51. The van der Waals surface area contributed by atoms with Crippen LogP contribution in [-0.4, -0.2) is 62.8 Å². The van der Waals surface area contributed by atoms with Gasteiger partial charge in [0.05, 0.1) is 25.7 Å². The molecule has 3 N–H and O–H groups in total. The Kier molecular flexibility index (Phi) is 6.72. The summed E-state index contributed by atoms with van der Waals surface area (Å²) in [4.78, 5) is 26.4. The van der Waals surface area contributed by atoms with Crippen molar-refractivity contribution in [1.82, 2.24) is 4.90 Å². The van der Waals surface area contributed by atoms with Crippen molar-refractivity contribution in [2.45, 2.75) is 19.4 Å². The maximum absolute atomic E-state index is 12.5. The van der Waals surface area contributed by atoms with E-state index in [1.54, 1.807) is 17.0 Å². The number of hydrogen-bond acceptors (Lipinski definition) is 5. The van der Waals surface area contributed by atoms with Crippen LogP contribution in [0.4, 0.5) is 5.69 Å². The molecule has 1 aromatic rings. The molecule has 7 nitrogen and oxygen atoms in total. The van der Waals surface area contributed by atoms with Gasteiger partial charge in [0.1, 0.15) is 0 Å². The number of morpholine rings is 1. The first-order valence-electron chi connectivity index (χ1n) is 8.05. The van der Waals surface area contributed by atoms with Crippen LogP contribution in [0.15, 0.2) is 18.2 Å². The molecule has 0 bridgehead atoms. The number of hydrogen-bond donors (Lipinski definition) is 2. The van der Waals surface area contributed by atoms with Gasteiger partial charge in [-0.25, -0.2) is 0 Å². The van der Waals surface area contributed by atoms with Crippen molar-refractivity contribution in [3.8, 4) is 0 Å². The molecule has 1 unspecified atom stereocenters. The minimum absolute atomic E-state index is 0.0504. The van der Waals surface area contributed by atoms with E-state index in [1.165, 1.54) is 7.11 Å². The zero-order chi connectivity index (χ0) is 17.5. The van der Waals surface area contributed by atoms with Gasteiger partial charge in [0, 0.05) is 38.0 Å². The fourth-order valence-corrected chi connectivity index (χ4v) is 2.51. The van der Waals surface area contributed by atoms with Crippen LogP contribution in [0.1, 0.15) is 22.3 Å². The molecule has 24 heavy (non-hydrogen) atoms. The molecular weight excluding hydrogens is 310 g/mol. The summed E-state index contributed by atoms with van der Waals surface area (Å²) in [6.07, 6.45) is -0.142. The third-order valence-electron chi connectivity index (χ3n) is 4.07. The Morgan fingerprint density at radius 2 is 2.08 bits per heavy atom. The first-order chi connectivity index (χ1) is 11.5. The van der Waals surface area contributed by atoms with Crippen molar-refractivity contribution in [2.75, 3.05) is 45.3 Å². The molecule has 2 amide bonds. The van der Waals surface area contributed by atoms with Crippen molar-refractivity contribution < 1.29 is 19.1 Å². The molecule has 0 spiro atoms. The second-order valence-electron chi connectivity index (χ2n) is 5.78. The first kappa shape index (κ1) is 18.4. The van der Waals surface area contributed by atoms with Gasteiger partial charge in [-0.05, 0) is 24.6 Å². The number of amides is 2. The van der Waals surface area contributed by atoms with Crippen molar-refractivity contribution >= 4 is 17.5 Å². The average Bonchev–Trinajstić information content (AvgIpc) is 2.61. The van der Waals surface area contributed by atoms with Gasteiger partial charge in [-0.2, -0.15) is 0 Å². The molecule has 0 aromatic heterocycles. The summed E-state index contributed by atoms with van der Waals surface area (Å²) in [6.45, 7) is 4.44. The molecule has 0 radical (unpaired) electrons. The molecule has 1 aliphatic rings. The maximum atomic E-state index is 12.5. The Balaban J connectivity index is 2.07. The van der Waals surface area contributed by atoms with Gasteiger partial charge in [-0.1, -0.05) is 6.07 Å². The topological polar surface area (TPSA) is 93.9 Å². The zero-order valence-electron chi connectivity index (χ0n) is 14.2. The van der Waals surface area contributed by atoms with Gasteiger partial charge in [0.15, 0.2) is 0 Å². The molecular formula is C17H25N3O4. The lowest BCUT2D eigenvalue weighted by Crippen LogP contribution is -2.40. The predicted octanol–water partition coefficient (Wildman–Crippen LogP) is 0.770. The summed E-state index contributed by atoms with van der Waals surface area (Å²) in [6, 6.07) is 5.33. The number of nitrogens with two attached hydrogens (primary N) is 1. The lowest BCUT2D eigenvalue weighted by atomic mass is 10.1. The number of benzene rings is 1. The van der Waals surface area contributed by atoms with Crippen molar-refractivity contribution in [3.63, 3.8) is 0 Å². The van der Waals surface area contributed by atoms with Gasteiger partial charge < -0.3 is 25.4 Å². The smallest absolute Gasteiger partial charge is 0.254 e. The molecule has 1 aliphatic heterocycles. The third kappa shape index (κ3) is 4.77. The monoisotopic (exact) mass is 335 g/mol. The quantitative estimate of drug-likeness (QED) is 0.801. The Morgan fingerprint density at radius 1 is 1.38 bits per heavy atom. The van der Waals surface area contributed by atoms with Gasteiger partial charge in [-0.3, -0.25) is 9.59 Å². The number of ether oxygens (including phenoxy) is 2. The van der Waals surface area contributed by atoms with Crippen LogP contribution in [-0.2, 0) is 14.3 Å². The van der Waals surface area contributed by atoms with Crippen LogP contribution in [0.5, 0.6) is 0 Å². The van der Waals surface area contributed by atoms with E-state index in [0.29, 0.717) is 37.6 Å². The zero-order valence-corrected chi connectivity index (χ0v) is 14.2. The van der Waals surface area contributed by atoms with Crippen LogP contribution in [0.2, 0.25) is 0 Å². The number of aryl methyl sites for hydroxylation is 1. The van der Waals surface area contributed by atoms with E-state index in [-0.39, 0.29) is 30.9 Å². The molecule has 0 aliphatic carbocycles. The fraction of sp³-hybridized carbons (Fsp3) is 0.529. The number of methoxy groups -OCH3 is 1. The maximum Gasteiger partial charge on any atom is 0.254 e. The van der Waals surface area contributed by atoms with Crippen LogP contribution in [0, 0.1) is 6.92 Å². The van der Waals surface area contributed by atoms with E-state index in [9.17, 15) is 9.59 Å². The summed E-state index contributed by atoms with van der Waals surface area (Å²) in [5.74, 6) is -0.239. The van der Waals surface area contributed by atoms with Crippen molar-refractivity contribution in [3.05, 3.63) is 29.3 Å². The average molecular weight is 335 g/mol. The minimum Gasteiger partial charge on any atom is -0.380 e. The Morgan fingerprint density at radius 3 is 2.71 bits per heavy atom. The number of carbonyl (C=O) groups excluding carboxylic acids is 2. The van der Waals surface area contributed by atoms with Crippen LogP contribution < -0.4 is 11.1 Å². The summed E-state index contributed by atoms with van der Waals surface area (Å²) < 4.78 is 10.4. The van der Waals surface area contributed by atoms with E-state index in [2.05, 4.69) is 5.32 Å². The number of anilines is 1. The van der Waals surface area contributed by atoms with Crippen LogP contribution in [0.25, 0.3) is 0 Å². The molecule has 2 rings (SSSR count). The molecule has 1 fully saturated rings. The third-order valence-corrected chi connectivity index (χ3v) is 4.07. The van der Waals surface area contributed by atoms with E-state index < -0.39 is 0 Å². The normalized spacial score (nSPS) is 15.9. The summed E-state index contributed by atoms with van der Waals surface area (Å²) in [5, 5.41) is 2.84. The second kappa shape index (κ2) is 8.77. The van der Waals surface area contributed by atoms with Gasteiger partial charge in [-0.15, -0.1) is 0 Å². The molecule has 1 atom stereocenters. The lowest BCUT2D eigenvalue weighted by Gasteiger charge is -2.27. The van der Waals surface area contributed by atoms with Crippen molar-refractivity contribution in [2.24, 2.45) is 5.73 Å². The summed E-state index contributed by atoms with van der Waals surface area (Å²) in [5.41, 5.74) is 7.61. The van der Waals surface area contributed by atoms with Crippen LogP contribution in [0.3, 0.4) is 0 Å². The molecule has 1 aromatic carbocycles. The van der Waals surface area contributed by atoms with E-state index in [4.69, 9.17) is 15.2 Å². The standard InChI is InChI=1S/C17H25N3O4/c1-12-3-4-13(17(22)20-5-7-24-8-6-20)9-15(12)19-16(21)10-14(11-18)23-2/h3-4,9,14H,5-8,10-11,18H2,1-2H3,(H,19,21). The lowest BCUT2D eigenvalue weighted by molar-refractivity contribution is -0.118. The van der Waals surface area contributed by atoms with E-state index in [0.717, 1.165) is 5.56 Å². The molecule has 1 heterocycles.